The highest BCUT2D eigenvalue weighted by molar-refractivity contribution is 7.49. The number of non-ortho nitro benzene ring substituents is 1. The van der Waals surface area contributed by atoms with Crippen LogP contribution in [0.15, 0.2) is 42.5 Å². The summed E-state index contributed by atoms with van der Waals surface area (Å²) < 4.78 is 55.0. The van der Waals surface area contributed by atoms with E-state index in [1.165, 1.54) is 30.3 Å². The van der Waals surface area contributed by atoms with E-state index >= 15 is 0 Å². The Morgan fingerprint density at radius 3 is 2.56 bits per heavy atom. The number of halogens is 2. The highest BCUT2D eigenvalue weighted by Gasteiger charge is 2.38. The quantitative estimate of drug-likeness (QED) is 0.445. The molecule has 2 aromatic carbocycles. The first-order chi connectivity index (χ1) is 11.9. The average Bonchev–Trinajstić information content (AvgIpc) is 2.55. The topological polar surface area (TPSA) is 87.9 Å². The smallest absolute Gasteiger partial charge is 0.404 e. The van der Waals surface area contributed by atoms with E-state index < -0.39 is 30.5 Å². The van der Waals surface area contributed by atoms with Gasteiger partial charge in [0.05, 0.1) is 11.5 Å². The Labute approximate surface area is 140 Å². The van der Waals surface area contributed by atoms with Gasteiger partial charge in [-0.25, -0.2) is 13.3 Å². The molecule has 7 nitrogen and oxygen atoms in total. The van der Waals surface area contributed by atoms with Crippen molar-refractivity contribution in [3.63, 3.8) is 0 Å². The van der Waals surface area contributed by atoms with Crippen LogP contribution in [-0.2, 0) is 13.6 Å². The zero-order valence-electron chi connectivity index (χ0n) is 12.6. The van der Waals surface area contributed by atoms with Crippen molar-refractivity contribution < 1.29 is 31.8 Å². The molecule has 132 valence electrons. The summed E-state index contributed by atoms with van der Waals surface area (Å²) in [6.07, 6.45) is -0.728. The van der Waals surface area contributed by atoms with E-state index in [0.29, 0.717) is 6.07 Å². The molecule has 0 aliphatic carbocycles. The minimum atomic E-state index is -4.06. The van der Waals surface area contributed by atoms with Gasteiger partial charge in [-0.1, -0.05) is 6.07 Å². The third-order valence-corrected chi connectivity index (χ3v) is 4.91. The molecule has 10 heteroatoms. The van der Waals surface area contributed by atoms with Gasteiger partial charge in [0.2, 0.25) is 0 Å². The Kier molecular flexibility index (Phi) is 4.80. The molecule has 0 bridgehead atoms. The van der Waals surface area contributed by atoms with Gasteiger partial charge in [0, 0.05) is 30.2 Å². The molecule has 0 amide bonds. The predicted octanol–water partition coefficient (Wildman–Crippen LogP) is 4.54. The van der Waals surface area contributed by atoms with Crippen molar-refractivity contribution in [2.24, 2.45) is 0 Å². The zero-order valence-corrected chi connectivity index (χ0v) is 13.5. The Morgan fingerprint density at radius 2 is 1.92 bits per heavy atom. The molecule has 1 aliphatic rings. The second-order valence-electron chi connectivity index (χ2n) is 5.17. The zero-order chi connectivity index (χ0) is 18.0. The molecule has 1 heterocycles. The van der Waals surface area contributed by atoms with Crippen LogP contribution in [0.1, 0.15) is 18.1 Å². The molecule has 2 aromatic rings. The van der Waals surface area contributed by atoms with E-state index in [2.05, 4.69) is 0 Å². The summed E-state index contributed by atoms with van der Waals surface area (Å²) in [5.41, 5.74) is -0.125. The third kappa shape index (κ3) is 4.01. The Morgan fingerprint density at radius 1 is 1.20 bits per heavy atom. The van der Waals surface area contributed by atoms with Gasteiger partial charge in [0.1, 0.15) is 23.5 Å². The predicted molar refractivity (Wildman–Crippen MR) is 82.1 cm³/mol. The van der Waals surface area contributed by atoms with E-state index in [4.69, 9.17) is 13.6 Å². The summed E-state index contributed by atoms with van der Waals surface area (Å²) in [6, 6.07) is 7.80. The summed E-state index contributed by atoms with van der Waals surface area (Å²) in [5.74, 6) is -1.53. The van der Waals surface area contributed by atoms with Gasteiger partial charge in [0.25, 0.3) is 5.69 Å². The van der Waals surface area contributed by atoms with E-state index in [-0.39, 0.29) is 30.0 Å². The fourth-order valence-electron chi connectivity index (χ4n) is 2.29. The van der Waals surface area contributed by atoms with Crippen LogP contribution in [0, 0.1) is 21.7 Å². The molecular weight excluding hydrogens is 359 g/mol. The third-order valence-electron chi connectivity index (χ3n) is 3.46. The molecule has 1 saturated heterocycles. The molecule has 1 fully saturated rings. The average molecular weight is 371 g/mol. The molecular formula is C15H12F2NO6P. The van der Waals surface area contributed by atoms with Gasteiger partial charge < -0.3 is 4.52 Å². The fourth-order valence-corrected chi connectivity index (χ4v) is 3.69. The van der Waals surface area contributed by atoms with Crippen LogP contribution in [-0.4, -0.2) is 11.5 Å². The first kappa shape index (κ1) is 17.5. The van der Waals surface area contributed by atoms with Gasteiger partial charge in [0.15, 0.2) is 0 Å². The highest BCUT2D eigenvalue weighted by Crippen LogP contribution is 2.56. The van der Waals surface area contributed by atoms with Crippen molar-refractivity contribution in [3.8, 4) is 5.75 Å². The van der Waals surface area contributed by atoms with Crippen LogP contribution in [0.4, 0.5) is 14.5 Å². The van der Waals surface area contributed by atoms with Crippen molar-refractivity contribution >= 4 is 13.5 Å². The number of hydrogen-bond donors (Lipinski definition) is 0. The Hall–Kier alpha value is -2.35. The maximum absolute atomic E-state index is 13.9. The SMILES string of the molecule is O=[N+]([O-])c1ccc(O[P@]2(=O)OCC[C@@H](c3ccc(F)cc3F)O2)cc1. The Balaban J connectivity index is 1.77. The van der Waals surface area contributed by atoms with Crippen molar-refractivity contribution in [2.45, 2.75) is 12.5 Å². The van der Waals surface area contributed by atoms with Crippen molar-refractivity contribution in [3.05, 3.63) is 69.8 Å². The van der Waals surface area contributed by atoms with E-state index in [1.807, 2.05) is 0 Å². The molecule has 0 N–H and O–H groups in total. The van der Waals surface area contributed by atoms with Crippen LogP contribution >= 0.6 is 7.82 Å². The number of nitro groups is 1. The van der Waals surface area contributed by atoms with Gasteiger partial charge in [-0.3, -0.25) is 19.2 Å². The number of rotatable bonds is 4. The highest BCUT2D eigenvalue weighted by atomic mass is 31.2. The molecule has 0 radical (unpaired) electrons. The van der Waals surface area contributed by atoms with Crippen LogP contribution in [0.25, 0.3) is 0 Å². The lowest BCUT2D eigenvalue weighted by molar-refractivity contribution is -0.384. The van der Waals surface area contributed by atoms with E-state index in [0.717, 1.165) is 6.07 Å². The van der Waals surface area contributed by atoms with Gasteiger partial charge in [-0.2, -0.15) is 0 Å². The second-order valence-corrected chi connectivity index (χ2v) is 6.72. The maximum atomic E-state index is 13.9. The van der Waals surface area contributed by atoms with Gasteiger partial charge in [-0.15, -0.1) is 0 Å². The fraction of sp³-hybridized carbons (Fsp3) is 0.200. The summed E-state index contributed by atoms with van der Waals surface area (Å²) >= 11 is 0. The molecule has 1 aliphatic heterocycles. The van der Waals surface area contributed by atoms with Gasteiger partial charge in [-0.05, 0) is 18.2 Å². The summed E-state index contributed by atoms with van der Waals surface area (Å²) in [4.78, 5) is 10.0. The number of nitrogens with zero attached hydrogens (tertiary/aromatic N) is 1. The van der Waals surface area contributed by atoms with Crippen molar-refractivity contribution in [1.82, 2.24) is 0 Å². The van der Waals surface area contributed by atoms with Crippen LogP contribution in [0.3, 0.4) is 0 Å². The number of phosphoric acid groups is 1. The maximum Gasteiger partial charge on any atom is 0.530 e. The first-order valence-corrected chi connectivity index (χ1v) is 8.64. The molecule has 0 spiro atoms. The number of phosphoric ester groups is 1. The van der Waals surface area contributed by atoms with Crippen LogP contribution < -0.4 is 4.52 Å². The standard InChI is InChI=1S/C15H12F2NO6P/c16-10-1-6-13(14(17)9-10)15-7-8-22-25(21,24-15)23-12-4-2-11(3-5-12)18(19)20/h1-6,9,15H,7-8H2/t15-,25-/m0/s1. The normalized spacial score (nSPS) is 23.2. The lowest BCUT2D eigenvalue weighted by Crippen LogP contribution is -2.17. The van der Waals surface area contributed by atoms with Gasteiger partial charge >= 0.3 is 7.82 Å². The number of benzene rings is 2. The minimum absolute atomic E-state index is 0.0221. The second kappa shape index (κ2) is 6.87. The molecule has 2 atom stereocenters. The summed E-state index contributed by atoms with van der Waals surface area (Å²) in [7, 11) is -4.06. The molecule has 0 unspecified atom stereocenters. The van der Waals surface area contributed by atoms with Crippen molar-refractivity contribution in [1.29, 1.82) is 0 Å². The molecule has 0 saturated carbocycles. The molecule has 0 aromatic heterocycles. The Bertz CT molecular complexity index is 844. The van der Waals surface area contributed by atoms with E-state index in [9.17, 15) is 23.5 Å². The lowest BCUT2D eigenvalue weighted by atomic mass is 10.1. The summed E-state index contributed by atoms with van der Waals surface area (Å²) in [5, 5.41) is 10.6. The monoisotopic (exact) mass is 371 g/mol. The lowest BCUT2D eigenvalue weighted by Gasteiger charge is -2.29. The summed E-state index contributed by atoms with van der Waals surface area (Å²) in [6.45, 7) is -0.0221. The number of hydrogen-bond acceptors (Lipinski definition) is 6. The van der Waals surface area contributed by atoms with Crippen molar-refractivity contribution in [2.75, 3.05) is 6.61 Å². The minimum Gasteiger partial charge on any atom is -0.404 e. The molecule has 3 rings (SSSR count). The first-order valence-electron chi connectivity index (χ1n) is 7.18. The molecule has 25 heavy (non-hydrogen) atoms. The number of nitro benzene ring substituents is 1. The van der Waals surface area contributed by atoms with Crippen LogP contribution in [0.2, 0.25) is 0 Å². The van der Waals surface area contributed by atoms with E-state index in [1.54, 1.807) is 0 Å². The largest absolute Gasteiger partial charge is 0.530 e. The van der Waals surface area contributed by atoms with Crippen LogP contribution in [0.5, 0.6) is 5.75 Å².